The second-order valence-electron chi connectivity index (χ2n) is 6.02. The van der Waals surface area contributed by atoms with Crippen molar-refractivity contribution in [2.75, 3.05) is 12.3 Å². The fourth-order valence-corrected chi connectivity index (χ4v) is 3.43. The Morgan fingerprint density at radius 3 is 2.78 bits per heavy atom. The van der Waals surface area contributed by atoms with Crippen molar-refractivity contribution in [3.05, 3.63) is 51.0 Å². The van der Waals surface area contributed by atoms with Crippen molar-refractivity contribution in [1.82, 2.24) is 14.0 Å². The number of halogens is 2. The molecule has 0 aliphatic heterocycles. The van der Waals surface area contributed by atoms with Gasteiger partial charge in [-0.1, -0.05) is 11.6 Å². The van der Waals surface area contributed by atoms with E-state index in [9.17, 15) is 14.0 Å². The van der Waals surface area contributed by atoms with Gasteiger partial charge in [0.05, 0.1) is 23.0 Å². The molecule has 0 amide bonds. The Balaban J connectivity index is 2.37. The largest absolute Gasteiger partial charge is 0.462 e. The highest BCUT2D eigenvalue weighted by molar-refractivity contribution is 6.30. The molecule has 0 unspecified atom stereocenters. The molecule has 0 saturated carbocycles. The highest BCUT2D eigenvalue weighted by Gasteiger charge is 2.26. The first-order chi connectivity index (χ1) is 12.8. The summed E-state index contributed by atoms with van der Waals surface area (Å²) in [4.78, 5) is 29.6. The van der Waals surface area contributed by atoms with E-state index in [1.165, 1.54) is 0 Å². The van der Waals surface area contributed by atoms with E-state index in [0.29, 0.717) is 16.7 Å². The summed E-state index contributed by atoms with van der Waals surface area (Å²) < 4.78 is 22.3. The van der Waals surface area contributed by atoms with E-state index >= 15 is 0 Å². The SMILES string of the molecule is CCOC(=O)c1c(=O)c2cc(F)c(Cl)nc2n2c3cc(N)ccc3n(C)c12. The van der Waals surface area contributed by atoms with Crippen LogP contribution in [-0.4, -0.2) is 26.5 Å². The highest BCUT2D eigenvalue weighted by Crippen LogP contribution is 2.28. The molecule has 4 rings (SSSR count). The van der Waals surface area contributed by atoms with Crippen LogP contribution in [0, 0.1) is 5.82 Å². The van der Waals surface area contributed by atoms with Crippen molar-refractivity contribution >= 4 is 51.0 Å². The molecular weight excluding hydrogens is 375 g/mol. The monoisotopic (exact) mass is 388 g/mol. The predicted molar refractivity (Wildman–Crippen MR) is 101 cm³/mol. The van der Waals surface area contributed by atoms with Crippen molar-refractivity contribution in [2.24, 2.45) is 7.05 Å². The third kappa shape index (κ3) is 2.37. The van der Waals surface area contributed by atoms with E-state index in [1.54, 1.807) is 41.1 Å². The van der Waals surface area contributed by atoms with Gasteiger partial charge in [0, 0.05) is 12.7 Å². The topological polar surface area (TPSA) is 91.6 Å². The van der Waals surface area contributed by atoms with Gasteiger partial charge in [-0.3, -0.25) is 9.20 Å². The molecule has 0 aliphatic carbocycles. The Kier molecular flexibility index (Phi) is 3.81. The van der Waals surface area contributed by atoms with E-state index in [-0.39, 0.29) is 34.0 Å². The van der Waals surface area contributed by atoms with Crippen LogP contribution >= 0.6 is 11.6 Å². The lowest BCUT2D eigenvalue weighted by Gasteiger charge is -2.09. The number of carbonyl (C=O) groups is 1. The van der Waals surface area contributed by atoms with Gasteiger partial charge in [0.15, 0.2) is 16.6 Å². The number of carbonyl (C=O) groups excluding carboxylic acids is 1. The Labute approximate surface area is 156 Å². The molecule has 0 fully saturated rings. The van der Waals surface area contributed by atoms with E-state index in [1.807, 2.05) is 0 Å². The van der Waals surface area contributed by atoms with Crippen molar-refractivity contribution in [2.45, 2.75) is 6.92 Å². The maximum atomic E-state index is 14.0. The second kappa shape index (κ2) is 5.95. The molecule has 3 heterocycles. The van der Waals surface area contributed by atoms with Crippen LogP contribution in [0.3, 0.4) is 0 Å². The molecule has 0 spiro atoms. The molecule has 4 aromatic rings. The molecule has 2 N–H and O–H groups in total. The number of nitrogens with two attached hydrogens (primary N) is 1. The zero-order valence-electron chi connectivity index (χ0n) is 14.4. The Bertz CT molecular complexity index is 1330. The van der Waals surface area contributed by atoms with Crippen molar-refractivity contribution in [3.63, 3.8) is 0 Å². The summed E-state index contributed by atoms with van der Waals surface area (Å²) in [5, 5.41) is -0.451. The molecule has 0 bridgehead atoms. The maximum Gasteiger partial charge on any atom is 0.345 e. The lowest BCUT2D eigenvalue weighted by Crippen LogP contribution is -2.22. The number of rotatable bonds is 2. The summed E-state index contributed by atoms with van der Waals surface area (Å²) in [6.07, 6.45) is 0. The van der Waals surface area contributed by atoms with Crippen LogP contribution in [0.4, 0.5) is 10.1 Å². The third-order valence-electron chi connectivity index (χ3n) is 4.43. The number of hydrogen-bond acceptors (Lipinski definition) is 5. The van der Waals surface area contributed by atoms with Gasteiger partial charge in [0.2, 0.25) is 5.43 Å². The molecule has 0 aliphatic rings. The minimum absolute atomic E-state index is 0.0765. The fourth-order valence-electron chi connectivity index (χ4n) is 3.29. The third-order valence-corrected chi connectivity index (χ3v) is 4.70. The van der Waals surface area contributed by atoms with Gasteiger partial charge >= 0.3 is 5.97 Å². The van der Waals surface area contributed by atoms with Gasteiger partial charge in [-0.15, -0.1) is 0 Å². The molecule has 9 heteroatoms. The predicted octanol–water partition coefficient (Wildman–Crippen LogP) is 2.89. The summed E-state index contributed by atoms with van der Waals surface area (Å²) in [5.74, 6) is -1.65. The number of aryl methyl sites for hydroxylation is 1. The first-order valence-corrected chi connectivity index (χ1v) is 8.48. The van der Waals surface area contributed by atoms with Gasteiger partial charge in [-0.25, -0.2) is 14.2 Å². The van der Waals surface area contributed by atoms with Crippen LogP contribution in [0.15, 0.2) is 29.1 Å². The number of ether oxygens (including phenoxy) is 1. The van der Waals surface area contributed by atoms with Crippen LogP contribution in [0.2, 0.25) is 5.15 Å². The molecule has 138 valence electrons. The average Bonchev–Trinajstić information content (AvgIpc) is 2.89. The number of nitrogens with zero attached hydrogens (tertiary/aromatic N) is 3. The highest BCUT2D eigenvalue weighted by atomic mass is 35.5. The van der Waals surface area contributed by atoms with Crippen molar-refractivity contribution in [1.29, 1.82) is 0 Å². The van der Waals surface area contributed by atoms with Gasteiger partial charge in [0.1, 0.15) is 11.2 Å². The Morgan fingerprint density at radius 1 is 1.33 bits per heavy atom. The van der Waals surface area contributed by atoms with Gasteiger partial charge in [-0.05, 0) is 31.2 Å². The number of imidazole rings is 1. The first-order valence-electron chi connectivity index (χ1n) is 8.10. The van der Waals surface area contributed by atoms with Crippen LogP contribution in [0.25, 0.3) is 27.7 Å². The smallest absolute Gasteiger partial charge is 0.345 e. The van der Waals surface area contributed by atoms with Crippen LogP contribution in [0.1, 0.15) is 17.3 Å². The summed E-state index contributed by atoms with van der Waals surface area (Å²) in [6.45, 7) is 1.73. The Hall–Kier alpha value is -3.13. The van der Waals surface area contributed by atoms with E-state index in [2.05, 4.69) is 4.98 Å². The molecule has 7 nitrogen and oxygen atoms in total. The molecule has 3 aromatic heterocycles. The number of esters is 1. The second-order valence-corrected chi connectivity index (χ2v) is 6.38. The maximum absolute atomic E-state index is 14.0. The molecule has 1 aromatic carbocycles. The summed E-state index contributed by atoms with van der Waals surface area (Å²) in [6, 6.07) is 6.12. The first kappa shape index (κ1) is 17.3. The number of anilines is 1. The average molecular weight is 389 g/mol. The number of hydrogen-bond donors (Lipinski definition) is 1. The number of aromatic nitrogens is 3. The van der Waals surface area contributed by atoms with Gasteiger partial charge < -0.3 is 15.0 Å². The standard InChI is InChI=1S/C18H14ClFN4O3/c1-3-27-18(26)13-14(25)9-7-10(20)15(19)22-16(9)24-12-6-8(21)4-5-11(12)23(2)17(13)24/h4-7H,3,21H2,1-2H3. The number of fused-ring (bicyclic) bond motifs is 5. The molecule has 0 atom stereocenters. The van der Waals surface area contributed by atoms with Crippen LogP contribution in [-0.2, 0) is 11.8 Å². The summed E-state index contributed by atoms with van der Waals surface area (Å²) in [7, 11) is 1.70. The minimum Gasteiger partial charge on any atom is -0.462 e. The van der Waals surface area contributed by atoms with Crippen molar-refractivity contribution in [3.8, 4) is 0 Å². The molecule has 0 radical (unpaired) electrons. The number of benzene rings is 1. The normalized spacial score (nSPS) is 11.6. The summed E-state index contributed by atoms with van der Waals surface area (Å²) >= 11 is 5.86. The minimum atomic E-state index is -0.851. The van der Waals surface area contributed by atoms with Crippen LogP contribution < -0.4 is 11.2 Å². The van der Waals surface area contributed by atoms with E-state index in [0.717, 1.165) is 6.07 Å². The quantitative estimate of drug-likeness (QED) is 0.324. The fraction of sp³-hybridized carbons (Fsp3) is 0.167. The Morgan fingerprint density at radius 2 is 2.07 bits per heavy atom. The lowest BCUT2D eigenvalue weighted by molar-refractivity contribution is 0.0526. The van der Waals surface area contributed by atoms with Gasteiger partial charge in [0.25, 0.3) is 0 Å². The zero-order valence-corrected chi connectivity index (χ0v) is 15.2. The van der Waals surface area contributed by atoms with Crippen LogP contribution in [0.5, 0.6) is 0 Å². The molecular formula is C18H14ClFN4O3. The molecule has 0 saturated heterocycles. The number of nitrogen functional groups attached to an aromatic ring is 1. The van der Waals surface area contributed by atoms with Crippen molar-refractivity contribution < 1.29 is 13.9 Å². The van der Waals surface area contributed by atoms with E-state index in [4.69, 9.17) is 22.1 Å². The van der Waals surface area contributed by atoms with Gasteiger partial charge in [-0.2, -0.15) is 0 Å². The number of pyridine rings is 2. The summed E-state index contributed by atoms with van der Waals surface area (Å²) in [5.41, 5.74) is 7.20. The zero-order chi connectivity index (χ0) is 19.5. The van der Waals surface area contributed by atoms with E-state index < -0.39 is 17.2 Å². The lowest BCUT2D eigenvalue weighted by atomic mass is 10.2. The molecule has 27 heavy (non-hydrogen) atoms.